The number of pyridine rings is 4. The first-order valence-corrected chi connectivity index (χ1v) is 35.5. The van der Waals surface area contributed by atoms with Crippen molar-refractivity contribution in [3.8, 4) is 61.5 Å². The summed E-state index contributed by atoms with van der Waals surface area (Å²) in [5.74, 6) is 0.145. The molecule has 4 aromatic carbocycles. The molecule has 0 unspecified atom stereocenters. The molecule has 2 N–H and O–H groups in total. The summed E-state index contributed by atoms with van der Waals surface area (Å²) < 4.78 is 147. The number of carboxylic acids is 1. The fraction of sp³-hybridized carbons (Fsp3) is 0.303. The molecule has 16 rings (SSSR count). The number of hydrogen-bond acceptors (Lipinski definition) is 17. The van der Waals surface area contributed by atoms with Crippen molar-refractivity contribution >= 4 is 96.2 Å². The van der Waals surface area contributed by atoms with E-state index in [0.29, 0.717) is 108 Å². The van der Waals surface area contributed by atoms with Gasteiger partial charge in [-0.25, -0.2) is 31.3 Å². The Hall–Kier alpha value is -9.23. The zero-order valence-electron chi connectivity index (χ0n) is 62.4. The maximum absolute atomic E-state index is 14.2. The summed E-state index contributed by atoms with van der Waals surface area (Å²) in [5.41, 5.74) is 6.08. The van der Waals surface area contributed by atoms with E-state index in [0.717, 1.165) is 58.7 Å². The van der Waals surface area contributed by atoms with Crippen molar-refractivity contribution in [3.05, 3.63) is 180 Å². The molecule has 0 spiro atoms. The number of aromatic nitrogens is 14. The Balaban J connectivity index is 0.000000148. The van der Waals surface area contributed by atoms with Crippen LogP contribution in [0.15, 0.2) is 152 Å². The molecule has 13 aromatic rings. The number of aliphatic carboxylic acids is 1. The number of amides is 1. The molecule has 576 valence electrons. The van der Waals surface area contributed by atoms with Crippen LogP contribution in [0.5, 0.6) is 5.75 Å². The Kier molecular flexibility index (Phi) is 25.6. The second-order valence-electron chi connectivity index (χ2n) is 27.7. The zero-order chi connectivity index (χ0) is 79.9. The Morgan fingerprint density at radius 2 is 1.09 bits per heavy atom. The molecule has 0 atom stereocenters. The van der Waals surface area contributed by atoms with Crippen LogP contribution in [-0.2, 0) is 60.2 Å². The van der Waals surface area contributed by atoms with Gasteiger partial charge in [0.2, 0.25) is 5.91 Å². The van der Waals surface area contributed by atoms with Crippen molar-refractivity contribution in [1.82, 2.24) is 73.5 Å². The Bertz CT molecular complexity index is 5620. The molecule has 1 aliphatic carbocycles. The molecule has 1 saturated heterocycles. The van der Waals surface area contributed by atoms with Crippen LogP contribution in [0.1, 0.15) is 114 Å². The summed E-state index contributed by atoms with van der Waals surface area (Å²) in [4.78, 5) is 45.1. The molecular formula is C76H72B2BrF9KN15O8. The van der Waals surface area contributed by atoms with Crippen molar-refractivity contribution < 1.29 is 130 Å². The molecule has 1 saturated carbocycles. The molecule has 1 amide bonds. The number of carboxylic acid groups (broad SMARTS) is 1. The normalized spacial score (nSPS) is 14.3. The minimum absolute atomic E-state index is 0. The van der Waals surface area contributed by atoms with Crippen LogP contribution < -0.4 is 72.2 Å². The van der Waals surface area contributed by atoms with E-state index < -0.39 is 57.0 Å². The predicted octanol–water partition coefficient (Wildman–Crippen LogP) is 10.2. The number of nitrogens with zero attached hydrogens (tertiary/aromatic N) is 15. The summed E-state index contributed by atoms with van der Waals surface area (Å²) >= 11 is 3.34. The summed E-state index contributed by atoms with van der Waals surface area (Å²) in [6.07, 6.45) is 13.8. The first-order chi connectivity index (χ1) is 52.6. The van der Waals surface area contributed by atoms with Gasteiger partial charge in [0.15, 0.2) is 0 Å². The average molecular weight is 1640 g/mol. The van der Waals surface area contributed by atoms with E-state index >= 15 is 0 Å². The molecule has 0 radical (unpaired) electrons. The van der Waals surface area contributed by atoms with Crippen molar-refractivity contribution in [2.75, 3.05) is 6.54 Å². The number of halogens is 10. The molecule has 11 heterocycles. The third kappa shape index (κ3) is 18.5. The van der Waals surface area contributed by atoms with Gasteiger partial charge in [-0.1, -0.05) is 6.92 Å². The predicted molar refractivity (Wildman–Crippen MR) is 400 cm³/mol. The van der Waals surface area contributed by atoms with E-state index in [-0.39, 0.29) is 90.8 Å². The molecule has 112 heavy (non-hydrogen) atoms. The van der Waals surface area contributed by atoms with Gasteiger partial charge >= 0.3 is 72.0 Å². The molecule has 0 bridgehead atoms. The molecule has 36 heteroatoms. The number of benzene rings is 4. The largest absolute Gasteiger partial charge is 1.00 e. The Morgan fingerprint density at radius 1 is 0.634 bits per heavy atom. The first kappa shape index (κ1) is 83.7. The molecular weight excluding hydrogens is 1560 g/mol. The number of hydrogen-bond donors (Lipinski definition) is 2. The number of imidazole rings is 1. The number of fused-ring (bicyclic) bond motifs is 5. The van der Waals surface area contributed by atoms with Crippen molar-refractivity contribution in [2.45, 2.75) is 117 Å². The maximum Gasteiger partial charge on any atom is 1.00 e. The first-order valence-electron chi connectivity index (χ1n) is 34.7. The second kappa shape index (κ2) is 34.2. The summed E-state index contributed by atoms with van der Waals surface area (Å²) in [6, 6.07) is 14.0. The van der Waals surface area contributed by atoms with Crippen LogP contribution in [-0.4, -0.2) is 134 Å². The van der Waals surface area contributed by atoms with Crippen LogP contribution in [0.3, 0.4) is 0 Å². The molecule has 3 aliphatic rings. The van der Waals surface area contributed by atoms with Gasteiger partial charge in [-0.3, -0.25) is 43.5 Å². The quantitative estimate of drug-likeness (QED) is 0.0802. The number of rotatable bonds is 13. The Morgan fingerprint density at radius 3 is 1.54 bits per heavy atom. The van der Waals surface area contributed by atoms with Gasteiger partial charge in [0.05, 0.1) is 59.4 Å². The van der Waals surface area contributed by atoms with E-state index in [4.69, 9.17) is 24.2 Å². The summed E-state index contributed by atoms with van der Waals surface area (Å²) in [5, 5.41) is 48.2. The fourth-order valence-corrected chi connectivity index (χ4v) is 13.6. The van der Waals surface area contributed by atoms with Gasteiger partial charge in [0.25, 0.3) is 19.3 Å². The topological polar surface area (TPSA) is 269 Å². The molecule has 2 aliphatic heterocycles. The molecule has 23 nitrogen and oxygen atoms in total. The van der Waals surface area contributed by atoms with Crippen molar-refractivity contribution in [2.24, 2.45) is 28.2 Å². The van der Waals surface area contributed by atoms with E-state index in [1.807, 2.05) is 39.5 Å². The van der Waals surface area contributed by atoms with Gasteiger partial charge in [-0.05, 0) is 156 Å². The summed E-state index contributed by atoms with van der Waals surface area (Å²) in [7, 11) is 4.38. The van der Waals surface area contributed by atoms with E-state index in [1.165, 1.54) is 52.4 Å². The van der Waals surface area contributed by atoms with E-state index in [1.54, 1.807) is 142 Å². The van der Waals surface area contributed by atoms with E-state index in [2.05, 4.69) is 65.6 Å². The van der Waals surface area contributed by atoms with Crippen LogP contribution in [0.4, 0.5) is 39.5 Å². The SMILES string of the molecule is CC(=O)[O-].CCC(=O)N1CCn2c(C3CC3)nc(-c3cncc4cc(-c5cnn(C)c5)c(C(F)F)cc34)c2C1.Cn1cc(-c2cc3cncc(B(O)O)c3cc2C(F)F)cn1.Cn1cc(-c2cc3cncc(Br)c3cc2C(F)F)cn1.Cn1cc(-c2cc3nccc(B4OC(C)(C)C(C)(C)O4)c3cc2OC(F)(F)F)cn1.[K+]. The third-order valence-corrected chi connectivity index (χ3v) is 19.9. The van der Waals surface area contributed by atoms with Crippen LogP contribution >= 0.6 is 15.9 Å². The monoisotopic (exact) mass is 1630 g/mol. The van der Waals surface area contributed by atoms with E-state index in [9.17, 15) is 54.4 Å². The van der Waals surface area contributed by atoms with Crippen molar-refractivity contribution in [3.63, 3.8) is 0 Å². The fourth-order valence-electron chi connectivity index (χ4n) is 13.1. The number of carbonyl (C=O) groups excluding carboxylic acids is 2. The minimum atomic E-state index is -4.85. The van der Waals surface area contributed by atoms with Gasteiger partial charge in [-0.15, -0.1) is 13.2 Å². The number of ether oxygens (including phenoxy) is 1. The van der Waals surface area contributed by atoms with Crippen LogP contribution in [0.2, 0.25) is 0 Å². The minimum Gasteiger partial charge on any atom is -0.550 e. The average Bonchev–Trinajstić information content (AvgIpc) is 1.59. The number of carbonyl (C=O) groups is 2. The van der Waals surface area contributed by atoms with Gasteiger partial charge in [-0.2, -0.15) is 20.4 Å². The number of aryl methyl sites for hydroxylation is 4. The summed E-state index contributed by atoms with van der Waals surface area (Å²) in [6.45, 7) is 12.3. The maximum atomic E-state index is 14.2. The smallest absolute Gasteiger partial charge is 0.550 e. The zero-order valence-corrected chi connectivity index (χ0v) is 67.1. The molecule has 2 fully saturated rings. The van der Waals surface area contributed by atoms with Gasteiger partial charge < -0.3 is 43.5 Å². The van der Waals surface area contributed by atoms with Gasteiger partial charge in [0, 0.05) is 209 Å². The molecule has 9 aromatic heterocycles. The van der Waals surface area contributed by atoms with Gasteiger partial charge in [0.1, 0.15) is 11.6 Å². The van der Waals surface area contributed by atoms with Crippen molar-refractivity contribution in [1.29, 1.82) is 0 Å². The van der Waals surface area contributed by atoms with Crippen LogP contribution in [0.25, 0.3) is 99.0 Å². The third-order valence-electron chi connectivity index (χ3n) is 19.3. The standard InChI is InChI=1S/C26H26F2N6O.C20H21BF3N3O3.C14H12BF2N3O2.C14H10BrF2N3.C2H4O2.K/c1-3-23(35)33-6-7-34-22(14-33)24(31-26(34)15-4-5-15)21-12-29-10-16-8-18(17-11-30-32(2)13-17)20(25(27)28)9-19(16)21;1-18(2)19(3,4)30-21(29-18)15-6-7-25-16-8-13(12-10-26-27(5)11-12)17(9-14(15)16)28-20(22,23)24;1-20-7-9(5-19-20)10-2-8-4-18-6-13(15(21)22)11(8)3-12(10)14(16)17;1-20-7-9(5-19-20)10-2-8-4-18-6-13(15)11(8)3-12(10)14(16)17;1-2(3)4;/h8-13,15,25H,3-7,14H2,1-2H3;6-11H,1-5H3;2-7,14,21-22H,1H3;2-7,14H,1H3;1H3,(H,3,4);/q;;;;;+1/p-1. The second-order valence-corrected chi connectivity index (χ2v) is 28.5. The Labute approximate surface area is 687 Å². The number of alkyl halides is 9. The van der Waals surface area contributed by atoms with Crippen LogP contribution in [0, 0.1) is 0 Å².